The van der Waals surface area contributed by atoms with Gasteiger partial charge in [-0.25, -0.2) is 4.39 Å². The highest BCUT2D eigenvalue weighted by Crippen LogP contribution is 2.52. The maximum atomic E-state index is 14.8. The van der Waals surface area contributed by atoms with Crippen LogP contribution in [0.1, 0.15) is 49.3 Å². The summed E-state index contributed by atoms with van der Waals surface area (Å²) in [7, 11) is 0. The van der Waals surface area contributed by atoms with E-state index in [-0.39, 0.29) is 28.3 Å². The van der Waals surface area contributed by atoms with Gasteiger partial charge in [-0.05, 0) is 52.4 Å². The quantitative estimate of drug-likeness (QED) is 0.549. The molecule has 1 atom stereocenters. The van der Waals surface area contributed by atoms with E-state index in [0.29, 0.717) is 24.1 Å². The van der Waals surface area contributed by atoms with Crippen LogP contribution in [0.4, 0.5) is 10.1 Å². The van der Waals surface area contributed by atoms with Gasteiger partial charge < -0.3 is 5.73 Å². The Kier molecular flexibility index (Phi) is 5.57. The fourth-order valence-corrected chi connectivity index (χ4v) is 6.55. The second-order valence-corrected chi connectivity index (χ2v) is 10.7. The Hall–Kier alpha value is -2.43. The van der Waals surface area contributed by atoms with Gasteiger partial charge in [0.15, 0.2) is 5.78 Å². The van der Waals surface area contributed by atoms with Gasteiger partial charge >= 0.3 is 0 Å². The average Bonchev–Trinajstić information content (AvgIpc) is 3.07. The van der Waals surface area contributed by atoms with Gasteiger partial charge in [0.1, 0.15) is 11.6 Å². The van der Waals surface area contributed by atoms with Crippen LogP contribution in [0.2, 0.25) is 0 Å². The highest BCUT2D eigenvalue weighted by Gasteiger charge is 2.45. The number of para-hydroxylation sites is 1. The van der Waals surface area contributed by atoms with Crippen LogP contribution in [0.25, 0.3) is 0 Å². The predicted octanol–water partition coefficient (Wildman–Crippen LogP) is 6.15. The molecule has 160 valence electrons. The summed E-state index contributed by atoms with van der Waals surface area (Å²) in [6, 6.07) is 10.5. The number of nitrogens with zero attached hydrogens (tertiary/aromatic N) is 2. The maximum Gasteiger partial charge on any atom is 0.162 e. The number of nitriles is 1. The lowest BCUT2D eigenvalue weighted by atomic mass is 9.69. The minimum Gasteiger partial charge on any atom is -0.384 e. The molecule has 1 unspecified atom stereocenters. The van der Waals surface area contributed by atoms with Gasteiger partial charge in [0.05, 0.1) is 23.2 Å². The molecule has 4 nitrogen and oxygen atoms in total. The van der Waals surface area contributed by atoms with Crippen LogP contribution in [0.3, 0.4) is 0 Å². The molecule has 0 radical (unpaired) electrons. The minimum absolute atomic E-state index is 0.0135. The number of hydrogen-bond donors (Lipinski definition) is 1. The Balaban J connectivity index is 2.02. The molecule has 0 fully saturated rings. The topological polar surface area (TPSA) is 70.1 Å². The molecule has 4 rings (SSSR count). The molecule has 0 saturated carbocycles. The molecular weight excluding hydrogens is 477 g/mol. The zero-order valence-electron chi connectivity index (χ0n) is 17.6. The summed E-state index contributed by atoms with van der Waals surface area (Å²) < 4.78 is 15.8. The SMILES string of the molecule is CCc1sc(C2C(C#N)=C(N)N(c3ccccc3F)C3=C2C(=O)CC(C)(C)C3)cc1Br. The molecule has 0 bridgehead atoms. The summed E-state index contributed by atoms with van der Waals surface area (Å²) in [6.45, 7) is 6.12. The van der Waals surface area contributed by atoms with E-state index in [9.17, 15) is 14.4 Å². The standard InChI is InChI=1S/C24H23BrFN3OS/c1-4-19-14(25)9-20(31-19)21-13(12-27)23(28)29(16-8-6-5-7-15(16)26)17-10-24(2,3)11-18(30)22(17)21/h5-9,21H,4,10-11,28H2,1-3H3. The Morgan fingerprint density at radius 1 is 1.35 bits per heavy atom. The minimum atomic E-state index is -0.534. The van der Waals surface area contributed by atoms with Crippen molar-refractivity contribution < 1.29 is 9.18 Å². The molecule has 2 aromatic rings. The number of thiophene rings is 1. The largest absolute Gasteiger partial charge is 0.384 e. The number of anilines is 1. The van der Waals surface area contributed by atoms with Gasteiger partial charge in [-0.15, -0.1) is 11.3 Å². The molecule has 2 heterocycles. The lowest BCUT2D eigenvalue weighted by Crippen LogP contribution is -2.42. The number of hydrogen-bond acceptors (Lipinski definition) is 5. The second-order valence-electron chi connectivity index (χ2n) is 8.71. The van der Waals surface area contributed by atoms with Crippen molar-refractivity contribution in [2.75, 3.05) is 4.90 Å². The summed E-state index contributed by atoms with van der Waals surface area (Å²) in [5.74, 6) is -0.811. The number of allylic oxidation sites excluding steroid dienone is 3. The number of ketones is 1. The van der Waals surface area contributed by atoms with Crippen LogP contribution in [-0.4, -0.2) is 5.78 Å². The lowest BCUT2D eigenvalue weighted by molar-refractivity contribution is -0.118. The van der Waals surface area contributed by atoms with Crippen molar-refractivity contribution in [3.05, 3.63) is 73.0 Å². The highest BCUT2D eigenvalue weighted by molar-refractivity contribution is 9.10. The van der Waals surface area contributed by atoms with Crippen molar-refractivity contribution in [2.24, 2.45) is 11.1 Å². The lowest BCUT2D eigenvalue weighted by Gasteiger charge is -2.43. The number of Topliss-reactive ketones (excluding diaryl/α,β-unsaturated/α-hetero) is 1. The number of carbonyl (C=O) groups is 1. The van der Waals surface area contributed by atoms with Crippen molar-refractivity contribution in [1.29, 1.82) is 5.26 Å². The predicted molar refractivity (Wildman–Crippen MR) is 125 cm³/mol. The summed E-state index contributed by atoms with van der Waals surface area (Å²) in [4.78, 5) is 17.1. The Morgan fingerprint density at radius 3 is 2.68 bits per heavy atom. The van der Waals surface area contributed by atoms with Crippen molar-refractivity contribution in [1.82, 2.24) is 0 Å². The fraction of sp³-hybridized carbons (Fsp3) is 0.333. The molecule has 31 heavy (non-hydrogen) atoms. The van der Waals surface area contributed by atoms with E-state index in [1.54, 1.807) is 34.4 Å². The highest BCUT2D eigenvalue weighted by atomic mass is 79.9. The number of halogens is 2. The van der Waals surface area contributed by atoms with Crippen molar-refractivity contribution in [3.8, 4) is 6.07 Å². The van der Waals surface area contributed by atoms with E-state index in [1.807, 2.05) is 19.9 Å². The Labute approximate surface area is 194 Å². The van der Waals surface area contributed by atoms with Crippen molar-refractivity contribution in [3.63, 3.8) is 0 Å². The first kappa shape index (κ1) is 21.8. The third-order valence-corrected chi connectivity index (χ3v) is 8.17. The van der Waals surface area contributed by atoms with E-state index >= 15 is 0 Å². The van der Waals surface area contributed by atoms with Gasteiger partial charge in [-0.3, -0.25) is 9.69 Å². The number of aryl methyl sites for hydroxylation is 1. The first-order chi connectivity index (χ1) is 14.7. The fourth-order valence-electron chi connectivity index (χ4n) is 4.51. The third kappa shape index (κ3) is 3.62. The number of rotatable bonds is 3. The number of benzene rings is 1. The molecule has 0 amide bonds. The molecule has 2 N–H and O–H groups in total. The number of nitrogens with two attached hydrogens (primary N) is 1. The molecular formula is C24H23BrFN3OS. The van der Waals surface area contributed by atoms with Crippen LogP contribution >= 0.6 is 27.3 Å². The molecule has 7 heteroatoms. The molecule has 0 saturated heterocycles. The van der Waals surface area contributed by atoms with Gasteiger partial charge in [0.25, 0.3) is 0 Å². The van der Waals surface area contributed by atoms with Crippen LogP contribution in [0, 0.1) is 22.6 Å². The smallest absolute Gasteiger partial charge is 0.162 e. The van der Waals surface area contributed by atoms with Crippen molar-refractivity contribution >= 4 is 38.7 Å². The monoisotopic (exact) mass is 499 g/mol. The molecule has 1 aliphatic carbocycles. The Bertz CT molecular complexity index is 1190. The first-order valence-corrected chi connectivity index (χ1v) is 11.8. The van der Waals surface area contributed by atoms with E-state index in [0.717, 1.165) is 20.6 Å². The van der Waals surface area contributed by atoms with Crippen LogP contribution < -0.4 is 10.6 Å². The Morgan fingerprint density at radius 2 is 2.06 bits per heavy atom. The number of carbonyl (C=O) groups excluding carboxylic acids is 1. The summed E-state index contributed by atoms with van der Waals surface area (Å²) in [5, 5.41) is 10.1. The van der Waals surface area contributed by atoms with E-state index < -0.39 is 11.7 Å². The molecule has 1 aliphatic heterocycles. The normalized spacial score (nSPS) is 20.7. The van der Waals surface area contributed by atoms with Crippen LogP contribution in [0.15, 0.2) is 57.5 Å². The molecule has 1 aromatic heterocycles. The van der Waals surface area contributed by atoms with E-state index in [2.05, 4.69) is 28.9 Å². The van der Waals surface area contributed by atoms with Gasteiger partial charge in [-0.1, -0.05) is 32.9 Å². The van der Waals surface area contributed by atoms with Crippen molar-refractivity contribution in [2.45, 2.75) is 46.0 Å². The maximum absolute atomic E-state index is 14.8. The van der Waals surface area contributed by atoms with E-state index in [1.165, 1.54) is 6.07 Å². The zero-order chi connectivity index (χ0) is 22.5. The molecule has 2 aliphatic rings. The van der Waals surface area contributed by atoms with E-state index in [4.69, 9.17) is 5.73 Å². The first-order valence-electron chi connectivity index (χ1n) is 10.2. The summed E-state index contributed by atoms with van der Waals surface area (Å²) in [6.07, 6.45) is 1.78. The van der Waals surface area contributed by atoms with Crippen LogP contribution in [0.5, 0.6) is 0 Å². The molecule has 0 spiro atoms. The molecule has 1 aromatic carbocycles. The van der Waals surface area contributed by atoms with Crippen LogP contribution in [-0.2, 0) is 11.2 Å². The average molecular weight is 500 g/mol. The van der Waals surface area contributed by atoms with Gasteiger partial charge in [0.2, 0.25) is 0 Å². The zero-order valence-corrected chi connectivity index (χ0v) is 20.0. The second kappa shape index (κ2) is 7.92. The van der Waals surface area contributed by atoms with Gasteiger partial charge in [0, 0.05) is 31.9 Å². The summed E-state index contributed by atoms with van der Waals surface area (Å²) >= 11 is 5.18. The summed E-state index contributed by atoms with van der Waals surface area (Å²) in [5.41, 5.74) is 8.04. The third-order valence-electron chi connectivity index (χ3n) is 5.86. The van der Waals surface area contributed by atoms with Gasteiger partial charge in [-0.2, -0.15) is 5.26 Å².